The van der Waals surface area contributed by atoms with Crippen LogP contribution in [0.2, 0.25) is 0 Å². The van der Waals surface area contributed by atoms with Gasteiger partial charge >= 0.3 is 0 Å². The van der Waals surface area contributed by atoms with Crippen LogP contribution < -0.4 is 10.1 Å². The van der Waals surface area contributed by atoms with Gasteiger partial charge in [-0.3, -0.25) is 9.69 Å². The van der Waals surface area contributed by atoms with Crippen molar-refractivity contribution in [2.75, 3.05) is 13.1 Å². The van der Waals surface area contributed by atoms with Gasteiger partial charge < -0.3 is 10.1 Å². The first-order chi connectivity index (χ1) is 12.2. The van der Waals surface area contributed by atoms with Crippen molar-refractivity contribution >= 4 is 5.91 Å². The number of carbonyl (C=O) groups is 1. The van der Waals surface area contributed by atoms with E-state index in [1.807, 2.05) is 49.4 Å². The van der Waals surface area contributed by atoms with Crippen molar-refractivity contribution in [3.8, 4) is 11.5 Å². The summed E-state index contributed by atoms with van der Waals surface area (Å²) >= 11 is 0. The first-order valence-corrected chi connectivity index (χ1v) is 9.06. The Kier molecular flexibility index (Phi) is 6.07. The van der Waals surface area contributed by atoms with E-state index in [0.29, 0.717) is 12.5 Å². The van der Waals surface area contributed by atoms with Crippen LogP contribution in [0, 0.1) is 0 Å². The summed E-state index contributed by atoms with van der Waals surface area (Å²) in [6, 6.07) is 18.5. The largest absolute Gasteiger partial charge is 0.457 e. The van der Waals surface area contributed by atoms with E-state index in [4.69, 9.17) is 4.74 Å². The van der Waals surface area contributed by atoms with Gasteiger partial charge in [-0.1, -0.05) is 37.3 Å². The molecule has 0 radical (unpaired) electrons. The predicted octanol–water partition coefficient (Wildman–Crippen LogP) is 3.97. The third-order valence-electron chi connectivity index (χ3n) is 4.56. The molecule has 1 fully saturated rings. The Hall–Kier alpha value is -2.33. The lowest BCUT2D eigenvalue weighted by Crippen LogP contribution is -2.44. The van der Waals surface area contributed by atoms with Crippen molar-refractivity contribution in [2.45, 2.75) is 38.8 Å². The van der Waals surface area contributed by atoms with E-state index >= 15 is 0 Å². The van der Waals surface area contributed by atoms with Crippen LogP contribution >= 0.6 is 0 Å². The van der Waals surface area contributed by atoms with E-state index in [-0.39, 0.29) is 5.91 Å². The maximum absolute atomic E-state index is 11.5. The molecule has 0 bridgehead atoms. The highest BCUT2D eigenvalue weighted by atomic mass is 16.5. The van der Waals surface area contributed by atoms with Gasteiger partial charge in [0.15, 0.2) is 0 Å². The van der Waals surface area contributed by atoms with E-state index < -0.39 is 0 Å². The molecule has 1 N–H and O–H groups in total. The summed E-state index contributed by atoms with van der Waals surface area (Å²) in [7, 11) is 0. The van der Waals surface area contributed by atoms with Crippen molar-refractivity contribution in [2.24, 2.45) is 0 Å². The van der Waals surface area contributed by atoms with Crippen LogP contribution in [-0.2, 0) is 11.3 Å². The fraction of sp³-hybridized carbons (Fsp3) is 0.381. The van der Waals surface area contributed by atoms with Crippen molar-refractivity contribution in [3.05, 3.63) is 60.2 Å². The van der Waals surface area contributed by atoms with Gasteiger partial charge in [-0.15, -0.1) is 0 Å². The van der Waals surface area contributed by atoms with Gasteiger partial charge in [0.1, 0.15) is 11.5 Å². The predicted molar refractivity (Wildman–Crippen MR) is 99.7 cm³/mol. The number of ether oxygens (including phenoxy) is 1. The zero-order valence-electron chi connectivity index (χ0n) is 14.8. The maximum Gasteiger partial charge on any atom is 0.219 e. The molecule has 1 heterocycles. The number of rotatable bonds is 6. The number of carbonyl (C=O) groups excluding carboxylic acids is 1. The average Bonchev–Trinajstić information content (AvgIpc) is 2.64. The number of piperidine rings is 1. The molecular weight excluding hydrogens is 312 g/mol. The van der Waals surface area contributed by atoms with Gasteiger partial charge in [-0.05, 0) is 42.7 Å². The van der Waals surface area contributed by atoms with Crippen LogP contribution in [0.25, 0.3) is 0 Å². The molecule has 0 atom stereocenters. The minimum absolute atomic E-state index is 0.157. The number of hydrogen-bond donors (Lipinski definition) is 1. The second-order valence-corrected chi connectivity index (χ2v) is 6.53. The topological polar surface area (TPSA) is 41.6 Å². The Labute approximate surface area is 149 Å². The van der Waals surface area contributed by atoms with E-state index in [1.54, 1.807) is 0 Å². The molecule has 4 heteroatoms. The van der Waals surface area contributed by atoms with Crippen LogP contribution in [0.15, 0.2) is 54.6 Å². The molecule has 4 nitrogen and oxygen atoms in total. The Morgan fingerprint density at radius 2 is 1.80 bits per heavy atom. The highest BCUT2D eigenvalue weighted by molar-refractivity contribution is 5.75. The van der Waals surface area contributed by atoms with Crippen molar-refractivity contribution in [1.82, 2.24) is 10.2 Å². The number of nitrogens with one attached hydrogen (secondary N) is 1. The Morgan fingerprint density at radius 1 is 1.08 bits per heavy atom. The third-order valence-corrected chi connectivity index (χ3v) is 4.56. The maximum atomic E-state index is 11.5. The van der Waals surface area contributed by atoms with Crippen molar-refractivity contribution in [1.29, 1.82) is 0 Å². The molecular formula is C21H26N2O2. The molecule has 1 aliphatic heterocycles. The van der Waals surface area contributed by atoms with Gasteiger partial charge in [0.05, 0.1) is 0 Å². The molecule has 2 aromatic carbocycles. The van der Waals surface area contributed by atoms with E-state index in [0.717, 1.165) is 44.0 Å². The average molecular weight is 338 g/mol. The first kappa shape index (κ1) is 17.5. The molecule has 0 spiro atoms. The number of hydrogen-bond acceptors (Lipinski definition) is 3. The summed E-state index contributed by atoms with van der Waals surface area (Å²) in [4.78, 5) is 13.9. The quantitative estimate of drug-likeness (QED) is 0.866. The van der Waals surface area contributed by atoms with E-state index in [9.17, 15) is 4.79 Å². The lowest BCUT2D eigenvalue weighted by Gasteiger charge is -2.32. The minimum atomic E-state index is 0.157. The monoisotopic (exact) mass is 338 g/mol. The van der Waals surface area contributed by atoms with Gasteiger partial charge in [0.2, 0.25) is 5.91 Å². The number of nitrogens with zero attached hydrogens (tertiary/aromatic N) is 1. The molecule has 2 aromatic rings. The number of likely N-dealkylation sites (tertiary alicyclic amines) is 1. The lowest BCUT2D eigenvalue weighted by molar-refractivity contribution is -0.121. The molecule has 132 valence electrons. The smallest absolute Gasteiger partial charge is 0.219 e. The molecule has 0 aliphatic carbocycles. The lowest BCUT2D eigenvalue weighted by atomic mass is 10.0. The normalized spacial score (nSPS) is 15.7. The van der Waals surface area contributed by atoms with Gasteiger partial charge in [0, 0.05) is 32.1 Å². The molecule has 0 aromatic heterocycles. The van der Waals surface area contributed by atoms with Crippen LogP contribution in [0.1, 0.15) is 31.7 Å². The fourth-order valence-electron chi connectivity index (χ4n) is 3.16. The van der Waals surface area contributed by atoms with E-state index in [2.05, 4.69) is 22.3 Å². The van der Waals surface area contributed by atoms with Crippen LogP contribution in [-0.4, -0.2) is 29.9 Å². The molecule has 1 aliphatic rings. The summed E-state index contributed by atoms with van der Waals surface area (Å²) in [5.74, 6) is 1.88. The molecule has 3 rings (SSSR count). The van der Waals surface area contributed by atoms with Crippen LogP contribution in [0.5, 0.6) is 11.5 Å². The molecule has 1 saturated heterocycles. The Bertz CT molecular complexity index is 679. The zero-order chi connectivity index (χ0) is 17.5. The fourth-order valence-corrected chi connectivity index (χ4v) is 3.16. The van der Waals surface area contributed by atoms with Crippen molar-refractivity contribution in [3.63, 3.8) is 0 Å². The summed E-state index contributed by atoms with van der Waals surface area (Å²) < 4.78 is 5.92. The second-order valence-electron chi connectivity index (χ2n) is 6.53. The number of benzene rings is 2. The number of amides is 1. The Morgan fingerprint density at radius 3 is 2.52 bits per heavy atom. The van der Waals surface area contributed by atoms with Crippen molar-refractivity contribution < 1.29 is 9.53 Å². The summed E-state index contributed by atoms with van der Waals surface area (Å²) in [5.41, 5.74) is 1.25. The molecule has 1 amide bonds. The van der Waals surface area contributed by atoms with Gasteiger partial charge in [-0.25, -0.2) is 0 Å². The minimum Gasteiger partial charge on any atom is -0.457 e. The summed E-state index contributed by atoms with van der Waals surface area (Å²) in [6.45, 7) is 4.84. The van der Waals surface area contributed by atoms with Crippen LogP contribution in [0.3, 0.4) is 0 Å². The molecule has 0 unspecified atom stereocenters. The van der Waals surface area contributed by atoms with E-state index in [1.165, 1.54) is 5.56 Å². The molecule has 25 heavy (non-hydrogen) atoms. The summed E-state index contributed by atoms with van der Waals surface area (Å²) in [5, 5.41) is 3.10. The highest BCUT2D eigenvalue weighted by Crippen LogP contribution is 2.23. The SMILES string of the molecule is CCC(=O)NC1CCN(Cc2cccc(Oc3ccccc3)c2)CC1. The molecule has 0 saturated carbocycles. The first-order valence-electron chi connectivity index (χ1n) is 9.06. The second kappa shape index (κ2) is 8.67. The highest BCUT2D eigenvalue weighted by Gasteiger charge is 2.20. The van der Waals surface area contributed by atoms with Gasteiger partial charge in [-0.2, -0.15) is 0 Å². The summed E-state index contributed by atoms with van der Waals surface area (Å²) in [6.07, 6.45) is 2.60. The Balaban J connectivity index is 1.52. The van der Waals surface area contributed by atoms with Gasteiger partial charge in [0.25, 0.3) is 0 Å². The zero-order valence-corrected chi connectivity index (χ0v) is 14.8. The third kappa shape index (κ3) is 5.33. The van der Waals surface area contributed by atoms with Crippen LogP contribution in [0.4, 0.5) is 0 Å². The standard InChI is InChI=1S/C21H26N2O2/c1-2-21(24)22-18-11-13-23(14-12-18)16-17-7-6-10-20(15-17)25-19-8-4-3-5-9-19/h3-10,15,18H,2,11-14,16H2,1H3,(H,22,24). The number of para-hydroxylation sites is 1.